The topological polar surface area (TPSA) is 0 Å². The third-order valence-electron chi connectivity index (χ3n) is 4.59. The van der Waals surface area contributed by atoms with Crippen LogP contribution < -0.4 is 0 Å². The van der Waals surface area contributed by atoms with E-state index in [9.17, 15) is 0 Å². The Hall–Kier alpha value is -0.350. The van der Waals surface area contributed by atoms with Crippen LogP contribution in [0.3, 0.4) is 0 Å². The number of nitrogens with zero attached hydrogens (tertiary/aromatic N) is 1. The van der Waals surface area contributed by atoms with Gasteiger partial charge in [-0.2, -0.15) is 0 Å². The Bertz CT molecular complexity index is 579. The minimum atomic E-state index is 0.390. The summed E-state index contributed by atoms with van der Waals surface area (Å²) in [6.07, 6.45) is 4.94. The number of hydrogen-bond acceptors (Lipinski definition) is 2. The van der Waals surface area contributed by atoms with Crippen molar-refractivity contribution in [2.75, 3.05) is 7.05 Å². The van der Waals surface area contributed by atoms with E-state index in [4.69, 9.17) is 23.8 Å². The maximum atomic E-state index is 6.00. The van der Waals surface area contributed by atoms with Crippen molar-refractivity contribution in [1.82, 2.24) is 0 Å². The molecule has 0 N–H and O–H groups in total. The van der Waals surface area contributed by atoms with Gasteiger partial charge in [0.1, 0.15) is 27.9 Å². The van der Waals surface area contributed by atoms with Gasteiger partial charge in [0.25, 0.3) is 0 Å². The highest BCUT2D eigenvalue weighted by Crippen LogP contribution is 2.52. The monoisotopic (exact) mass is 324 g/mol. The molecule has 0 unspecified atom stereocenters. The van der Waals surface area contributed by atoms with Gasteiger partial charge in [0.05, 0.1) is 7.05 Å². The Morgan fingerprint density at radius 1 is 1.20 bits per heavy atom. The average molecular weight is 325 g/mol. The molecule has 1 aromatic carbocycles. The fourth-order valence-electron chi connectivity index (χ4n) is 3.22. The van der Waals surface area contributed by atoms with Crippen LogP contribution in [-0.2, 0) is 0 Å². The molecule has 0 radical (unpaired) electrons. The van der Waals surface area contributed by atoms with Gasteiger partial charge in [0.15, 0.2) is 0 Å². The molecule has 0 amide bonds. The molecule has 2 atom stereocenters. The number of benzene rings is 1. The van der Waals surface area contributed by atoms with Gasteiger partial charge in [-0.05, 0) is 38.3 Å². The van der Waals surface area contributed by atoms with Crippen LogP contribution in [-0.4, -0.2) is 15.1 Å². The molecular weight excluding hydrogens is 306 g/mol. The number of rotatable bonds is 2. The number of thiocarbonyl (C=S) groups is 1. The maximum Gasteiger partial charge on any atom is 0.138 e. The number of quaternary nitrogens is 1. The Morgan fingerprint density at radius 2 is 1.85 bits per heavy atom. The van der Waals surface area contributed by atoms with Gasteiger partial charge in [-0.25, -0.2) is 3.89 Å². The summed E-state index contributed by atoms with van der Waals surface area (Å²) in [7, 11) is 2.31. The van der Waals surface area contributed by atoms with Gasteiger partial charge in [0, 0.05) is 22.6 Å². The van der Waals surface area contributed by atoms with Crippen LogP contribution in [0.25, 0.3) is 0 Å². The molecular formula is C16H19ClNS2+. The molecule has 0 saturated heterocycles. The van der Waals surface area contributed by atoms with E-state index in [1.54, 1.807) is 5.70 Å². The third kappa shape index (κ3) is 2.35. The first-order valence-corrected chi connectivity index (χ1v) is 8.66. The molecule has 1 heterocycles. The van der Waals surface area contributed by atoms with Crippen LogP contribution in [0.15, 0.2) is 35.5 Å². The van der Waals surface area contributed by atoms with Crippen molar-refractivity contribution in [3.63, 3.8) is 0 Å². The molecule has 2 aliphatic rings. The quantitative estimate of drug-likeness (QED) is 0.391. The van der Waals surface area contributed by atoms with Crippen LogP contribution in [0, 0.1) is 0 Å². The molecule has 3 rings (SSSR count). The van der Waals surface area contributed by atoms with E-state index in [2.05, 4.69) is 26.1 Å². The molecule has 1 nitrogen and oxygen atoms in total. The highest BCUT2D eigenvalue weighted by atomic mass is 35.5. The van der Waals surface area contributed by atoms with Crippen molar-refractivity contribution in [2.45, 2.75) is 38.6 Å². The number of halogens is 1. The van der Waals surface area contributed by atoms with Crippen LogP contribution in [0.1, 0.15) is 44.2 Å². The van der Waals surface area contributed by atoms with E-state index >= 15 is 0 Å². The molecule has 106 valence electrons. The zero-order chi connectivity index (χ0) is 14.3. The third-order valence-corrected chi connectivity index (χ3v) is 6.64. The highest BCUT2D eigenvalue weighted by Gasteiger charge is 2.47. The van der Waals surface area contributed by atoms with Crippen molar-refractivity contribution in [3.05, 3.63) is 46.1 Å². The predicted octanol–water partition coefficient (Wildman–Crippen LogP) is 5.66. The summed E-state index contributed by atoms with van der Waals surface area (Å²) in [6, 6.07) is 8.63. The molecule has 0 spiro atoms. The lowest BCUT2D eigenvalue weighted by Gasteiger charge is -2.36. The molecule has 1 aliphatic heterocycles. The van der Waals surface area contributed by atoms with E-state index < -0.39 is 0 Å². The Labute approximate surface area is 135 Å². The minimum Gasteiger partial charge on any atom is -0.224 e. The molecule has 1 aliphatic carbocycles. The SMILES string of the molecule is C[C@@H](c1ccc(Cl)cc1)[N@@+]1(C)SC(=S)C2=C1CCCC2. The van der Waals surface area contributed by atoms with E-state index in [0.29, 0.717) is 6.04 Å². The fourth-order valence-corrected chi connectivity index (χ4v) is 5.30. The van der Waals surface area contributed by atoms with Crippen molar-refractivity contribution in [3.8, 4) is 0 Å². The molecule has 20 heavy (non-hydrogen) atoms. The average Bonchev–Trinajstić information content (AvgIpc) is 2.72. The van der Waals surface area contributed by atoms with Crippen LogP contribution >= 0.6 is 35.8 Å². The lowest BCUT2D eigenvalue weighted by Crippen LogP contribution is -2.36. The summed E-state index contributed by atoms with van der Waals surface area (Å²) in [5, 5.41) is 0.797. The Balaban J connectivity index is 1.98. The van der Waals surface area contributed by atoms with Crippen molar-refractivity contribution < 1.29 is 3.89 Å². The van der Waals surface area contributed by atoms with Crippen LogP contribution in [0.4, 0.5) is 0 Å². The summed E-state index contributed by atoms with van der Waals surface area (Å²) >= 11 is 13.5. The van der Waals surface area contributed by atoms with Crippen LogP contribution in [0.5, 0.6) is 0 Å². The van der Waals surface area contributed by atoms with Crippen molar-refractivity contribution >= 4 is 40.0 Å². The summed E-state index contributed by atoms with van der Waals surface area (Å²) in [5.41, 5.74) is 4.33. The Kier molecular flexibility index (Phi) is 3.97. The smallest absolute Gasteiger partial charge is 0.138 e. The predicted molar refractivity (Wildman–Crippen MR) is 91.7 cm³/mol. The minimum absolute atomic E-state index is 0.390. The maximum absolute atomic E-state index is 6.00. The summed E-state index contributed by atoms with van der Waals surface area (Å²) < 4.78 is 2.00. The van der Waals surface area contributed by atoms with Gasteiger partial charge >= 0.3 is 0 Å². The van der Waals surface area contributed by atoms with Gasteiger partial charge in [0.2, 0.25) is 0 Å². The first-order valence-electron chi connectivity index (χ1n) is 7.10. The molecule has 4 heteroatoms. The Morgan fingerprint density at radius 3 is 2.55 bits per heavy atom. The number of hydrogen-bond donors (Lipinski definition) is 0. The van der Waals surface area contributed by atoms with E-state index in [-0.39, 0.29) is 0 Å². The zero-order valence-electron chi connectivity index (χ0n) is 11.9. The first kappa shape index (κ1) is 14.6. The molecule has 0 saturated carbocycles. The van der Waals surface area contributed by atoms with Gasteiger partial charge in [-0.1, -0.05) is 36.0 Å². The van der Waals surface area contributed by atoms with E-state index in [1.807, 2.05) is 24.1 Å². The second-order valence-electron chi connectivity index (χ2n) is 5.73. The molecule has 0 bridgehead atoms. The lowest BCUT2D eigenvalue weighted by atomic mass is 9.95. The van der Waals surface area contributed by atoms with Crippen molar-refractivity contribution in [2.24, 2.45) is 0 Å². The van der Waals surface area contributed by atoms with Gasteiger partial charge in [-0.15, -0.1) is 0 Å². The first-order chi connectivity index (χ1) is 9.52. The summed E-state index contributed by atoms with van der Waals surface area (Å²) in [6.45, 7) is 2.30. The number of allylic oxidation sites excluding steroid dienone is 1. The lowest BCUT2D eigenvalue weighted by molar-refractivity contribution is -0.765. The summed E-state index contributed by atoms with van der Waals surface area (Å²) in [4.78, 5) is 0. The highest BCUT2D eigenvalue weighted by molar-refractivity contribution is 8.20. The fraction of sp³-hybridized carbons (Fsp3) is 0.438. The largest absolute Gasteiger partial charge is 0.224 e. The van der Waals surface area contributed by atoms with Gasteiger partial charge < -0.3 is 0 Å². The normalized spacial score (nSPS) is 27.6. The standard InChI is InChI=1S/C16H19ClNS2/c1-11(12-7-9-13(17)10-8-12)18(2)15-6-4-3-5-14(15)16(19)20-18/h7-11H,3-6H2,1-2H3/q+1/t11-,18+/m0/s1. The molecule has 0 aromatic heterocycles. The van der Waals surface area contributed by atoms with E-state index in [0.717, 1.165) is 13.1 Å². The second-order valence-corrected chi connectivity index (χ2v) is 8.18. The summed E-state index contributed by atoms with van der Waals surface area (Å²) in [5.74, 6) is 0. The van der Waals surface area contributed by atoms with Crippen molar-refractivity contribution in [1.29, 1.82) is 0 Å². The zero-order valence-corrected chi connectivity index (χ0v) is 14.2. The van der Waals surface area contributed by atoms with Crippen LogP contribution in [0.2, 0.25) is 5.02 Å². The molecule has 0 fully saturated rings. The van der Waals surface area contributed by atoms with Gasteiger partial charge in [-0.3, -0.25) is 0 Å². The molecule has 1 aromatic rings. The second kappa shape index (κ2) is 5.45. The van der Waals surface area contributed by atoms with E-state index in [1.165, 1.54) is 36.8 Å².